The molecule has 1 aliphatic rings. The molecule has 166 valence electrons. The van der Waals surface area contributed by atoms with Crippen molar-refractivity contribution in [1.29, 1.82) is 0 Å². The van der Waals surface area contributed by atoms with Crippen molar-refractivity contribution in [3.05, 3.63) is 47.4 Å². The van der Waals surface area contributed by atoms with Crippen molar-refractivity contribution >= 4 is 16.9 Å². The SMILES string of the molecule is CC(C)(C)c1nc(N2CCC(F)(F)C2)c2cnn(Cc3ccccc3C(F)(F)F)c2n1. The zero-order valence-electron chi connectivity index (χ0n) is 17.3. The number of fused-ring (bicyclic) bond motifs is 1. The van der Waals surface area contributed by atoms with Gasteiger partial charge in [0.25, 0.3) is 5.92 Å². The number of alkyl halides is 5. The molecule has 0 aliphatic carbocycles. The summed E-state index contributed by atoms with van der Waals surface area (Å²) in [5, 5.41) is 4.68. The highest BCUT2D eigenvalue weighted by Crippen LogP contribution is 2.36. The Morgan fingerprint density at radius 2 is 1.77 bits per heavy atom. The molecular formula is C21H22F5N5. The van der Waals surface area contributed by atoms with Crippen LogP contribution in [0.15, 0.2) is 30.5 Å². The van der Waals surface area contributed by atoms with Crippen LogP contribution in [-0.2, 0) is 18.1 Å². The first-order chi connectivity index (χ1) is 14.4. The van der Waals surface area contributed by atoms with E-state index in [1.807, 2.05) is 20.8 Å². The van der Waals surface area contributed by atoms with E-state index in [9.17, 15) is 22.0 Å². The maximum atomic E-state index is 13.9. The van der Waals surface area contributed by atoms with Gasteiger partial charge in [0.1, 0.15) is 11.6 Å². The van der Waals surface area contributed by atoms with Crippen LogP contribution >= 0.6 is 0 Å². The van der Waals surface area contributed by atoms with Crippen LogP contribution in [0.4, 0.5) is 27.8 Å². The van der Waals surface area contributed by atoms with Gasteiger partial charge in [-0.3, -0.25) is 0 Å². The van der Waals surface area contributed by atoms with Gasteiger partial charge in [0.2, 0.25) is 0 Å². The lowest BCUT2D eigenvalue weighted by Crippen LogP contribution is -2.27. The minimum Gasteiger partial charge on any atom is -0.350 e. The van der Waals surface area contributed by atoms with E-state index in [1.54, 1.807) is 0 Å². The minimum absolute atomic E-state index is 0.0465. The standard InChI is InChI=1S/C21H22F5N5/c1-19(2,3)18-28-16(30-9-8-20(22,23)12-30)14-10-27-31(17(14)29-18)11-13-6-4-5-7-15(13)21(24,25)26/h4-7,10H,8-9,11-12H2,1-3H3. The van der Waals surface area contributed by atoms with E-state index in [1.165, 1.54) is 34.0 Å². The van der Waals surface area contributed by atoms with Gasteiger partial charge < -0.3 is 4.90 Å². The van der Waals surface area contributed by atoms with Crippen LogP contribution < -0.4 is 4.90 Å². The van der Waals surface area contributed by atoms with Crippen molar-refractivity contribution in [3.8, 4) is 0 Å². The van der Waals surface area contributed by atoms with Crippen LogP contribution in [-0.4, -0.2) is 38.8 Å². The van der Waals surface area contributed by atoms with Crippen LogP contribution in [0.1, 0.15) is 44.1 Å². The first-order valence-corrected chi connectivity index (χ1v) is 9.87. The summed E-state index contributed by atoms with van der Waals surface area (Å²) in [7, 11) is 0. The fourth-order valence-corrected chi connectivity index (χ4v) is 3.65. The Bertz CT molecular complexity index is 1110. The number of aromatic nitrogens is 4. The molecule has 3 aromatic rings. The number of halogens is 5. The van der Waals surface area contributed by atoms with E-state index < -0.39 is 29.6 Å². The van der Waals surface area contributed by atoms with Gasteiger partial charge >= 0.3 is 6.18 Å². The maximum absolute atomic E-state index is 13.9. The van der Waals surface area contributed by atoms with E-state index in [-0.39, 0.29) is 25.1 Å². The second-order valence-corrected chi connectivity index (χ2v) is 8.84. The highest BCUT2D eigenvalue weighted by molar-refractivity contribution is 5.87. The monoisotopic (exact) mass is 439 g/mol. The quantitative estimate of drug-likeness (QED) is 0.537. The molecule has 0 spiro atoms. The predicted molar refractivity (Wildman–Crippen MR) is 106 cm³/mol. The van der Waals surface area contributed by atoms with Crippen molar-refractivity contribution in [1.82, 2.24) is 19.7 Å². The van der Waals surface area contributed by atoms with Crippen molar-refractivity contribution in [2.24, 2.45) is 0 Å². The Kier molecular flexibility index (Phi) is 4.94. The van der Waals surface area contributed by atoms with Gasteiger partial charge in [-0.1, -0.05) is 39.0 Å². The second kappa shape index (κ2) is 7.13. The summed E-state index contributed by atoms with van der Waals surface area (Å²) in [4.78, 5) is 10.6. The van der Waals surface area contributed by atoms with Gasteiger partial charge in [-0.2, -0.15) is 18.3 Å². The molecule has 10 heteroatoms. The topological polar surface area (TPSA) is 46.8 Å². The first kappa shape index (κ1) is 21.5. The molecule has 1 aromatic carbocycles. The predicted octanol–water partition coefficient (Wildman–Crippen LogP) is 5.04. The molecule has 2 aromatic heterocycles. The van der Waals surface area contributed by atoms with Crippen molar-refractivity contribution in [2.45, 2.75) is 51.3 Å². The van der Waals surface area contributed by atoms with Gasteiger partial charge in [-0.25, -0.2) is 23.4 Å². The van der Waals surface area contributed by atoms with Gasteiger partial charge in [0.15, 0.2) is 5.65 Å². The normalized spacial score (nSPS) is 17.0. The smallest absolute Gasteiger partial charge is 0.350 e. The highest BCUT2D eigenvalue weighted by Gasteiger charge is 2.40. The molecule has 4 rings (SSSR count). The Morgan fingerprint density at radius 1 is 1.06 bits per heavy atom. The molecule has 0 amide bonds. The molecule has 0 atom stereocenters. The molecule has 0 saturated carbocycles. The van der Waals surface area contributed by atoms with Gasteiger partial charge in [-0.15, -0.1) is 0 Å². The van der Waals surface area contributed by atoms with Crippen molar-refractivity contribution in [3.63, 3.8) is 0 Å². The summed E-state index contributed by atoms with van der Waals surface area (Å²) in [5.74, 6) is -2.07. The van der Waals surface area contributed by atoms with Crippen LogP contribution in [0.2, 0.25) is 0 Å². The average molecular weight is 439 g/mol. The number of benzene rings is 1. The second-order valence-electron chi connectivity index (χ2n) is 8.84. The third kappa shape index (κ3) is 4.20. The van der Waals surface area contributed by atoms with Gasteiger partial charge in [0, 0.05) is 18.4 Å². The number of rotatable bonds is 3. The lowest BCUT2D eigenvalue weighted by molar-refractivity contribution is -0.138. The Morgan fingerprint density at radius 3 is 2.39 bits per heavy atom. The van der Waals surface area contributed by atoms with E-state index in [2.05, 4.69) is 15.1 Å². The summed E-state index contributed by atoms with van der Waals surface area (Å²) < 4.78 is 69.3. The van der Waals surface area contributed by atoms with Crippen molar-refractivity contribution in [2.75, 3.05) is 18.0 Å². The number of hydrogen-bond donors (Lipinski definition) is 0. The summed E-state index contributed by atoms with van der Waals surface area (Å²) >= 11 is 0. The first-order valence-electron chi connectivity index (χ1n) is 9.87. The molecule has 3 heterocycles. The molecule has 1 fully saturated rings. The van der Waals surface area contributed by atoms with E-state index in [0.29, 0.717) is 22.7 Å². The number of nitrogens with zero attached hydrogens (tertiary/aromatic N) is 5. The Hall–Kier alpha value is -2.78. The van der Waals surface area contributed by atoms with E-state index in [4.69, 9.17) is 0 Å². The van der Waals surface area contributed by atoms with E-state index in [0.717, 1.165) is 6.07 Å². The van der Waals surface area contributed by atoms with Crippen molar-refractivity contribution < 1.29 is 22.0 Å². The fourth-order valence-electron chi connectivity index (χ4n) is 3.65. The maximum Gasteiger partial charge on any atom is 0.416 e. The minimum atomic E-state index is -4.50. The van der Waals surface area contributed by atoms with Crippen LogP contribution in [0.5, 0.6) is 0 Å². The molecular weight excluding hydrogens is 417 g/mol. The Labute approximate surface area is 175 Å². The fraction of sp³-hybridized carbons (Fsp3) is 0.476. The molecule has 1 aliphatic heterocycles. The molecule has 1 saturated heterocycles. The number of hydrogen-bond acceptors (Lipinski definition) is 4. The summed E-state index contributed by atoms with van der Waals surface area (Å²) in [6.45, 7) is 5.16. The highest BCUT2D eigenvalue weighted by atomic mass is 19.4. The average Bonchev–Trinajstić information content (AvgIpc) is 3.23. The molecule has 0 unspecified atom stereocenters. The molecule has 0 bridgehead atoms. The summed E-state index contributed by atoms with van der Waals surface area (Å²) in [6, 6.07) is 5.28. The Balaban J connectivity index is 1.83. The zero-order valence-corrected chi connectivity index (χ0v) is 17.3. The summed E-state index contributed by atoms with van der Waals surface area (Å²) in [6.07, 6.45) is -3.35. The largest absolute Gasteiger partial charge is 0.416 e. The number of anilines is 1. The molecule has 31 heavy (non-hydrogen) atoms. The van der Waals surface area contributed by atoms with Crippen LogP contribution in [0, 0.1) is 0 Å². The van der Waals surface area contributed by atoms with Crippen LogP contribution in [0.3, 0.4) is 0 Å². The van der Waals surface area contributed by atoms with Gasteiger partial charge in [0.05, 0.1) is 30.2 Å². The molecule has 0 radical (unpaired) electrons. The molecule has 0 N–H and O–H groups in total. The van der Waals surface area contributed by atoms with E-state index >= 15 is 0 Å². The van der Waals surface area contributed by atoms with Crippen LogP contribution in [0.25, 0.3) is 11.0 Å². The molecule has 5 nitrogen and oxygen atoms in total. The van der Waals surface area contributed by atoms with Gasteiger partial charge in [-0.05, 0) is 11.6 Å². The zero-order chi connectivity index (χ0) is 22.6. The summed E-state index contributed by atoms with van der Waals surface area (Å²) in [5.41, 5.74) is -0.875. The third-order valence-corrected chi connectivity index (χ3v) is 5.26. The third-order valence-electron chi connectivity index (χ3n) is 5.26. The lowest BCUT2D eigenvalue weighted by Gasteiger charge is -2.22. The lowest BCUT2D eigenvalue weighted by atomic mass is 9.95.